The van der Waals surface area contributed by atoms with Crippen LogP contribution in [0.2, 0.25) is 0 Å². The number of aromatic nitrogens is 2. The minimum atomic E-state index is -0.420. The fourth-order valence-corrected chi connectivity index (χ4v) is 3.22. The lowest BCUT2D eigenvalue weighted by atomic mass is 9.95. The van der Waals surface area contributed by atoms with Crippen LogP contribution in [0.25, 0.3) is 10.8 Å². The molecule has 0 bridgehead atoms. The molecule has 1 aliphatic rings. The number of hydrogen-bond acceptors (Lipinski definition) is 6. The third kappa shape index (κ3) is 2.26. The van der Waals surface area contributed by atoms with E-state index in [0.717, 1.165) is 41.3 Å². The zero-order valence-electron chi connectivity index (χ0n) is 11.1. The molecule has 3 heterocycles. The lowest BCUT2D eigenvalue weighted by Gasteiger charge is -2.30. The first kappa shape index (κ1) is 12.6. The number of nitrogen functional groups attached to an aromatic ring is 1. The monoisotopic (exact) mass is 279 g/mol. The van der Waals surface area contributed by atoms with Gasteiger partial charge in [-0.25, -0.2) is 0 Å². The van der Waals surface area contributed by atoms with E-state index in [9.17, 15) is 0 Å². The third-order valence-corrected chi connectivity index (χ3v) is 4.55. The predicted molar refractivity (Wildman–Crippen MR) is 73.9 cm³/mol. The minimum Gasteiger partial charge on any atom is -0.391 e. The highest BCUT2D eigenvalue weighted by atomic mass is 32.1. The summed E-state index contributed by atoms with van der Waals surface area (Å²) in [6, 6.07) is 1.92. The fourth-order valence-electron chi connectivity index (χ4n) is 2.36. The quantitative estimate of drug-likeness (QED) is 0.914. The molecular formula is C13H17N3O2S. The molecule has 2 N–H and O–H groups in total. The van der Waals surface area contributed by atoms with Crippen molar-refractivity contribution < 1.29 is 9.26 Å². The van der Waals surface area contributed by atoms with Gasteiger partial charge in [0.05, 0.1) is 9.88 Å². The van der Waals surface area contributed by atoms with Gasteiger partial charge in [0.1, 0.15) is 5.60 Å². The standard InChI is InChI=1S/C13H17N3O2S/c1-8-7-9(14)19-10(8)11-15-12(16-18-11)13(2)5-3-4-6-17-13/h7H,3-6,14H2,1-2H3. The first-order chi connectivity index (χ1) is 9.08. The number of aryl methyl sites for hydroxylation is 1. The van der Waals surface area contributed by atoms with Gasteiger partial charge in [-0.15, -0.1) is 11.3 Å². The molecule has 1 atom stereocenters. The van der Waals surface area contributed by atoms with Crippen LogP contribution in [-0.4, -0.2) is 16.7 Å². The predicted octanol–water partition coefficient (Wildman–Crippen LogP) is 3.10. The van der Waals surface area contributed by atoms with E-state index in [-0.39, 0.29) is 0 Å². The maximum Gasteiger partial charge on any atom is 0.268 e. The summed E-state index contributed by atoms with van der Waals surface area (Å²) in [5, 5.41) is 4.85. The Hall–Kier alpha value is -1.40. The summed E-state index contributed by atoms with van der Waals surface area (Å²) in [5.41, 5.74) is 6.44. The zero-order valence-corrected chi connectivity index (χ0v) is 11.9. The van der Waals surface area contributed by atoms with Gasteiger partial charge in [0.15, 0.2) is 0 Å². The molecule has 19 heavy (non-hydrogen) atoms. The number of nitrogens with two attached hydrogens (primary N) is 1. The van der Waals surface area contributed by atoms with E-state index >= 15 is 0 Å². The molecule has 6 heteroatoms. The highest BCUT2D eigenvalue weighted by Crippen LogP contribution is 2.36. The largest absolute Gasteiger partial charge is 0.391 e. The van der Waals surface area contributed by atoms with Crippen LogP contribution in [0.1, 0.15) is 37.6 Å². The molecule has 3 rings (SSSR count). The van der Waals surface area contributed by atoms with Crippen LogP contribution in [0.5, 0.6) is 0 Å². The molecular weight excluding hydrogens is 262 g/mol. The van der Waals surface area contributed by atoms with Crippen molar-refractivity contribution in [1.82, 2.24) is 10.1 Å². The van der Waals surface area contributed by atoms with Gasteiger partial charge in [0, 0.05) is 6.61 Å². The van der Waals surface area contributed by atoms with Crippen LogP contribution >= 0.6 is 11.3 Å². The lowest BCUT2D eigenvalue weighted by molar-refractivity contribution is -0.0770. The first-order valence-electron chi connectivity index (χ1n) is 6.43. The van der Waals surface area contributed by atoms with Crippen LogP contribution in [-0.2, 0) is 10.3 Å². The van der Waals surface area contributed by atoms with Crippen molar-refractivity contribution >= 4 is 16.3 Å². The lowest BCUT2D eigenvalue weighted by Crippen LogP contribution is -2.31. The maximum absolute atomic E-state index is 5.83. The van der Waals surface area contributed by atoms with Crippen LogP contribution < -0.4 is 5.73 Å². The number of ether oxygens (including phenoxy) is 1. The van der Waals surface area contributed by atoms with Gasteiger partial charge in [-0.2, -0.15) is 4.98 Å². The summed E-state index contributed by atoms with van der Waals surface area (Å²) in [4.78, 5) is 5.44. The van der Waals surface area contributed by atoms with Gasteiger partial charge >= 0.3 is 0 Å². The van der Waals surface area contributed by atoms with Gasteiger partial charge in [-0.05, 0) is 44.7 Å². The minimum absolute atomic E-state index is 0.420. The van der Waals surface area contributed by atoms with Crippen molar-refractivity contribution in [3.05, 3.63) is 17.5 Å². The van der Waals surface area contributed by atoms with Gasteiger partial charge in [0.2, 0.25) is 5.82 Å². The highest BCUT2D eigenvalue weighted by molar-refractivity contribution is 7.19. The molecule has 0 spiro atoms. The molecule has 0 saturated carbocycles. The van der Waals surface area contributed by atoms with E-state index in [1.165, 1.54) is 11.3 Å². The van der Waals surface area contributed by atoms with E-state index in [0.29, 0.717) is 11.7 Å². The molecule has 2 aromatic rings. The second kappa shape index (κ2) is 4.61. The SMILES string of the molecule is Cc1cc(N)sc1-c1nc(C2(C)CCCCO2)no1. The summed E-state index contributed by atoms with van der Waals surface area (Å²) in [6.07, 6.45) is 3.16. The van der Waals surface area contributed by atoms with Crippen molar-refractivity contribution in [2.45, 2.75) is 38.7 Å². The molecule has 2 aromatic heterocycles. The van der Waals surface area contributed by atoms with Crippen LogP contribution in [0.4, 0.5) is 5.00 Å². The van der Waals surface area contributed by atoms with E-state index in [1.54, 1.807) is 0 Å². The second-order valence-electron chi connectivity index (χ2n) is 5.12. The van der Waals surface area contributed by atoms with Crippen LogP contribution in [0.15, 0.2) is 10.6 Å². The molecule has 0 aromatic carbocycles. The van der Waals surface area contributed by atoms with Crippen LogP contribution in [0.3, 0.4) is 0 Å². The van der Waals surface area contributed by atoms with Crippen molar-refractivity contribution in [3.8, 4) is 10.8 Å². The van der Waals surface area contributed by atoms with Crippen molar-refractivity contribution in [1.29, 1.82) is 0 Å². The average molecular weight is 279 g/mol. The Kier molecular flexibility index (Phi) is 3.06. The average Bonchev–Trinajstić information content (AvgIpc) is 2.97. The van der Waals surface area contributed by atoms with Gasteiger partial charge in [-0.3, -0.25) is 0 Å². The Bertz CT molecular complexity index is 584. The van der Waals surface area contributed by atoms with Crippen molar-refractivity contribution in [2.24, 2.45) is 0 Å². The molecule has 5 nitrogen and oxygen atoms in total. The van der Waals surface area contributed by atoms with E-state index in [4.69, 9.17) is 15.0 Å². The Morgan fingerprint density at radius 2 is 2.26 bits per heavy atom. The number of nitrogens with zero attached hydrogens (tertiary/aromatic N) is 2. The van der Waals surface area contributed by atoms with Gasteiger partial charge in [-0.1, -0.05) is 5.16 Å². The van der Waals surface area contributed by atoms with Crippen molar-refractivity contribution in [3.63, 3.8) is 0 Å². The molecule has 0 amide bonds. The van der Waals surface area contributed by atoms with Crippen molar-refractivity contribution in [2.75, 3.05) is 12.3 Å². The van der Waals surface area contributed by atoms with Gasteiger partial charge in [0.25, 0.3) is 5.89 Å². The highest BCUT2D eigenvalue weighted by Gasteiger charge is 2.35. The molecule has 1 saturated heterocycles. The molecule has 102 valence electrons. The Morgan fingerprint density at radius 1 is 1.42 bits per heavy atom. The number of thiophene rings is 1. The number of hydrogen-bond donors (Lipinski definition) is 1. The zero-order chi connectivity index (χ0) is 13.5. The molecule has 1 fully saturated rings. The maximum atomic E-state index is 5.83. The fraction of sp³-hybridized carbons (Fsp3) is 0.538. The summed E-state index contributed by atoms with van der Waals surface area (Å²) in [7, 11) is 0. The second-order valence-corrected chi connectivity index (χ2v) is 6.20. The topological polar surface area (TPSA) is 74.2 Å². The summed E-state index contributed by atoms with van der Waals surface area (Å²) in [5.74, 6) is 1.16. The molecule has 1 unspecified atom stereocenters. The molecule has 1 aliphatic heterocycles. The Labute approximate surface area is 115 Å². The summed E-state index contributed by atoms with van der Waals surface area (Å²) in [6.45, 7) is 4.77. The van der Waals surface area contributed by atoms with E-state index < -0.39 is 5.60 Å². The smallest absolute Gasteiger partial charge is 0.268 e. The Morgan fingerprint density at radius 3 is 2.89 bits per heavy atom. The summed E-state index contributed by atoms with van der Waals surface area (Å²) >= 11 is 1.47. The normalized spacial score (nSPS) is 23.7. The number of anilines is 1. The molecule has 0 aliphatic carbocycles. The Balaban J connectivity index is 1.93. The third-order valence-electron chi connectivity index (χ3n) is 3.50. The number of rotatable bonds is 2. The van der Waals surface area contributed by atoms with E-state index in [2.05, 4.69) is 10.1 Å². The van der Waals surface area contributed by atoms with Gasteiger partial charge < -0.3 is 15.0 Å². The summed E-state index contributed by atoms with van der Waals surface area (Å²) < 4.78 is 11.2. The van der Waals surface area contributed by atoms with E-state index in [1.807, 2.05) is 19.9 Å². The molecule has 0 radical (unpaired) electrons. The van der Waals surface area contributed by atoms with Crippen LogP contribution in [0, 0.1) is 6.92 Å². The first-order valence-corrected chi connectivity index (χ1v) is 7.24.